The van der Waals surface area contributed by atoms with Crippen LogP contribution >= 0.6 is 0 Å². The molecule has 136 valence electrons. The second-order valence-electron chi connectivity index (χ2n) is 6.95. The zero-order valence-electron chi connectivity index (χ0n) is 15.1. The van der Waals surface area contributed by atoms with Crippen LogP contribution in [-0.4, -0.2) is 56.6 Å². The van der Waals surface area contributed by atoms with Crippen LogP contribution in [0.15, 0.2) is 30.9 Å². The number of aryl methyl sites for hydroxylation is 2. The lowest BCUT2D eigenvalue weighted by atomic mass is 10.0. The predicted octanol–water partition coefficient (Wildman–Crippen LogP) is 2.19. The topological polar surface area (TPSA) is 63.4 Å². The minimum absolute atomic E-state index is 0.318. The van der Waals surface area contributed by atoms with Crippen LogP contribution < -0.4 is 4.74 Å². The Kier molecular flexibility index (Phi) is 6.04. The molecule has 0 bridgehead atoms. The van der Waals surface area contributed by atoms with Crippen LogP contribution in [0, 0.1) is 13.8 Å². The number of aliphatic hydroxyl groups excluding tert-OH is 1. The van der Waals surface area contributed by atoms with Crippen molar-refractivity contribution in [1.29, 1.82) is 0 Å². The van der Waals surface area contributed by atoms with Gasteiger partial charge in [-0.1, -0.05) is 24.6 Å². The Bertz CT molecular complexity index is 639. The van der Waals surface area contributed by atoms with E-state index in [4.69, 9.17) is 4.74 Å². The highest BCUT2D eigenvalue weighted by molar-refractivity contribution is 5.39. The first kappa shape index (κ1) is 17.9. The summed E-state index contributed by atoms with van der Waals surface area (Å²) in [6.07, 6.45) is 6.36. The summed E-state index contributed by atoms with van der Waals surface area (Å²) in [5.41, 5.74) is 2.21. The zero-order valence-corrected chi connectivity index (χ0v) is 15.1. The van der Waals surface area contributed by atoms with Gasteiger partial charge in [-0.2, -0.15) is 5.10 Å². The number of hydrogen-bond acceptors (Lipinski definition) is 5. The number of piperidine rings is 1. The van der Waals surface area contributed by atoms with E-state index in [-0.39, 0.29) is 0 Å². The molecule has 2 heterocycles. The fourth-order valence-electron chi connectivity index (χ4n) is 3.58. The first-order valence-electron chi connectivity index (χ1n) is 9.07. The largest absolute Gasteiger partial charge is 0.490 e. The molecule has 1 N–H and O–H groups in total. The standard InChI is InChI=1S/C19H28N4O2/c1-15-6-5-7-16(2)19(15)25-12-18(24)11-22-9-4-3-8-17(22)10-23-14-20-13-21-23/h5-7,13-14,17-18,24H,3-4,8-12H2,1-2H3. The van der Waals surface area contributed by atoms with Gasteiger partial charge in [-0.15, -0.1) is 0 Å². The van der Waals surface area contributed by atoms with E-state index in [0.29, 0.717) is 19.2 Å². The van der Waals surface area contributed by atoms with Gasteiger partial charge < -0.3 is 9.84 Å². The number of para-hydroxylation sites is 1. The lowest BCUT2D eigenvalue weighted by Crippen LogP contribution is -2.46. The highest BCUT2D eigenvalue weighted by Gasteiger charge is 2.25. The fraction of sp³-hybridized carbons (Fsp3) is 0.579. The maximum absolute atomic E-state index is 10.5. The van der Waals surface area contributed by atoms with E-state index in [2.05, 4.69) is 15.0 Å². The van der Waals surface area contributed by atoms with Crippen LogP contribution in [0.4, 0.5) is 0 Å². The van der Waals surface area contributed by atoms with E-state index in [9.17, 15) is 5.11 Å². The Morgan fingerprint density at radius 2 is 2.08 bits per heavy atom. The van der Waals surface area contributed by atoms with Crippen LogP contribution in [0.2, 0.25) is 0 Å². The molecular formula is C19H28N4O2. The second-order valence-corrected chi connectivity index (χ2v) is 6.95. The Labute approximate surface area is 149 Å². The maximum Gasteiger partial charge on any atom is 0.137 e. The molecule has 6 nitrogen and oxygen atoms in total. The zero-order chi connectivity index (χ0) is 17.6. The maximum atomic E-state index is 10.5. The Balaban J connectivity index is 1.54. The van der Waals surface area contributed by atoms with Crippen molar-refractivity contribution >= 4 is 0 Å². The molecule has 0 saturated carbocycles. The third-order valence-electron chi connectivity index (χ3n) is 4.89. The van der Waals surface area contributed by atoms with Crippen LogP contribution in [0.5, 0.6) is 5.75 Å². The van der Waals surface area contributed by atoms with Gasteiger partial charge in [0, 0.05) is 12.6 Å². The van der Waals surface area contributed by atoms with E-state index < -0.39 is 6.10 Å². The molecule has 1 saturated heterocycles. The van der Waals surface area contributed by atoms with Crippen molar-refractivity contribution in [3.8, 4) is 5.75 Å². The minimum Gasteiger partial charge on any atom is -0.490 e. The first-order valence-corrected chi connectivity index (χ1v) is 9.07. The highest BCUT2D eigenvalue weighted by atomic mass is 16.5. The van der Waals surface area contributed by atoms with Crippen molar-refractivity contribution in [2.75, 3.05) is 19.7 Å². The average molecular weight is 344 g/mol. The number of aromatic nitrogens is 3. The second kappa shape index (κ2) is 8.45. The molecule has 1 aromatic carbocycles. The third-order valence-corrected chi connectivity index (χ3v) is 4.89. The summed E-state index contributed by atoms with van der Waals surface area (Å²) in [5, 5.41) is 14.7. The molecule has 2 aromatic rings. The van der Waals surface area contributed by atoms with Crippen LogP contribution in [-0.2, 0) is 6.54 Å². The van der Waals surface area contributed by atoms with Crippen molar-refractivity contribution in [3.05, 3.63) is 42.0 Å². The molecule has 1 aliphatic heterocycles. The van der Waals surface area contributed by atoms with Crippen molar-refractivity contribution in [2.24, 2.45) is 0 Å². The monoisotopic (exact) mass is 344 g/mol. The van der Waals surface area contributed by atoms with Crippen LogP contribution in [0.3, 0.4) is 0 Å². The van der Waals surface area contributed by atoms with Crippen molar-refractivity contribution in [3.63, 3.8) is 0 Å². The number of rotatable bonds is 7. The molecule has 3 rings (SSSR count). The molecule has 2 unspecified atom stereocenters. The van der Waals surface area contributed by atoms with Crippen molar-refractivity contribution in [2.45, 2.75) is 51.8 Å². The molecule has 0 radical (unpaired) electrons. The smallest absolute Gasteiger partial charge is 0.137 e. The molecule has 2 atom stereocenters. The van der Waals surface area contributed by atoms with Crippen LogP contribution in [0.25, 0.3) is 0 Å². The Morgan fingerprint density at radius 1 is 1.28 bits per heavy atom. The summed E-state index contributed by atoms with van der Waals surface area (Å²) in [7, 11) is 0. The number of hydrogen-bond donors (Lipinski definition) is 1. The molecular weight excluding hydrogens is 316 g/mol. The van der Waals surface area contributed by atoms with E-state index in [1.165, 1.54) is 12.8 Å². The van der Waals surface area contributed by atoms with E-state index in [1.807, 2.05) is 36.7 Å². The lowest BCUT2D eigenvalue weighted by Gasteiger charge is -2.36. The summed E-state index contributed by atoms with van der Waals surface area (Å²) in [4.78, 5) is 6.38. The number of likely N-dealkylation sites (tertiary alicyclic amines) is 1. The van der Waals surface area contributed by atoms with Gasteiger partial charge in [0.05, 0.1) is 6.54 Å². The molecule has 1 aliphatic rings. The van der Waals surface area contributed by atoms with Gasteiger partial charge in [0.2, 0.25) is 0 Å². The lowest BCUT2D eigenvalue weighted by molar-refractivity contribution is 0.0342. The van der Waals surface area contributed by atoms with E-state index in [1.54, 1.807) is 12.7 Å². The van der Waals surface area contributed by atoms with Crippen molar-refractivity contribution < 1.29 is 9.84 Å². The summed E-state index contributed by atoms with van der Waals surface area (Å²) < 4.78 is 7.79. The number of nitrogens with zero attached hydrogens (tertiary/aromatic N) is 4. The molecule has 0 aliphatic carbocycles. The van der Waals surface area contributed by atoms with Gasteiger partial charge in [0.15, 0.2) is 0 Å². The molecule has 1 aromatic heterocycles. The summed E-state index contributed by atoms with van der Waals surface area (Å²) in [6.45, 7) is 6.85. The van der Waals surface area contributed by atoms with Crippen LogP contribution in [0.1, 0.15) is 30.4 Å². The normalized spacial score (nSPS) is 19.7. The van der Waals surface area contributed by atoms with Gasteiger partial charge >= 0.3 is 0 Å². The quantitative estimate of drug-likeness (QED) is 0.834. The van der Waals surface area contributed by atoms with Gasteiger partial charge in [0.1, 0.15) is 31.1 Å². The van der Waals surface area contributed by atoms with Gasteiger partial charge in [0.25, 0.3) is 0 Å². The molecule has 0 amide bonds. The summed E-state index contributed by atoms with van der Waals surface area (Å²) in [5.74, 6) is 0.888. The molecule has 6 heteroatoms. The molecule has 1 fully saturated rings. The Hall–Kier alpha value is -1.92. The highest BCUT2D eigenvalue weighted by Crippen LogP contribution is 2.23. The number of benzene rings is 1. The fourth-order valence-corrected chi connectivity index (χ4v) is 3.58. The number of β-amino-alcohol motifs (C(OH)–C–C–N with tert-alkyl or cyclic N) is 1. The summed E-state index contributed by atoms with van der Waals surface area (Å²) >= 11 is 0. The van der Waals surface area contributed by atoms with Gasteiger partial charge in [-0.25, -0.2) is 4.98 Å². The number of aliphatic hydroxyl groups is 1. The van der Waals surface area contributed by atoms with E-state index in [0.717, 1.165) is 36.4 Å². The molecule has 25 heavy (non-hydrogen) atoms. The third kappa shape index (κ3) is 4.80. The Morgan fingerprint density at radius 3 is 2.80 bits per heavy atom. The van der Waals surface area contributed by atoms with Crippen molar-refractivity contribution in [1.82, 2.24) is 19.7 Å². The van der Waals surface area contributed by atoms with E-state index >= 15 is 0 Å². The molecule has 0 spiro atoms. The number of ether oxygens (including phenoxy) is 1. The first-order chi connectivity index (χ1) is 12.1. The minimum atomic E-state index is -0.504. The predicted molar refractivity (Wildman–Crippen MR) is 96.7 cm³/mol. The SMILES string of the molecule is Cc1cccc(C)c1OCC(O)CN1CCCCC1Cn1cncn1. The van der Waals surface area contributed by atoms with Gasteiger partial charge in [-0.05, 0) is 44.4 Å². The average Bonchev–Trinajstić information content (AvgIpc) is 3.09. The van der Waals surface area contributed by atoms with Gasteiger partial charge in [-0.3, -0.25) is 9.58 Å². The summed E-state index contributed by atoms with van der Waals surface area (Å²) in [6, 6.07) is 6.49.